The molecule has 1 saturated heterocycles. The zero-order valence-electron chi connectivity index (χ0n) is 11.0. The van der Waals surface area contributed by atoms with Crippen molar-refractivity contribution in [1.29, 1.82) is 0 Å². The van der Waals surface area contributed by atoms with E-state index in [9.17, 15) is 9.59 Å². The number of aromatic nitrogens is 1. The van der Waals surface area contributed by atoms with Crippen molar-refractivity contribution in [2.75, 3.05) is 20.2 Å². The number of methoxy groups -OCH3 is 1. The van der Waals surface area contributed by atoms with Crippen molar-refractivity contribution in [3.8, 4) is 0 Å². The Labute approximate surface area is 121 Å². The maximum absolute atomic E-state index is 12.2. The van der Waals surface area contributed by atoms with E-state index in [0.717, 1.165) is 0 Å². The average Bonchev–Trinajstić information content (AvgIpc) is 2.95. The molecule has 1 fully saturated rings. The first-order valence-electron chi connectivity index (χ1n) is 6.16. The predicted molar refractivity (Wildman–Crippen MR) is 76.2 cm³/mol. The van der Waals surface area contributed by atoms with Crippen LogP contribution in [0, 0.1) is 5.92 Å². The second-order valence-corrected chi connectivity index (χ2v) is 5.00. The van der Waals surface area contributed by atoms with Crippen molar-refractivity contribution in [1.82, 2.24) is 9.88 Å². The van der Waals surface area contributed by atoms with Gasteiger partial charge in [-0.15, -0.1) is 0 Å². The summed E-state index contributed by atoms with van der Waals surface area (Å²) in [7, 11) is 1.35. The highest BCUT2D eigenvalue weighted by Crippen LogP contribution is 2.19. The summed E-state index contributed by atoms with van der Waals surface area (Å²) in [5.41, 5.74) is 6.41. The van der Waals surface area contributed by atoms with Crippen LogP contribution in [0.4, 0.5) is 0 Å². The Bertz CT molecular complexity index is 544. The minimum atomic E-state index is -0.280. The van der Waals surface area contributed by atoms with Gasteiger partial charge in [0.1, 0.15) is 10.7 Å². The lowest BCUT2D eigenvalue weighted by molar-refractivity contribution is -0.144. The molecule has 1 aliphatic rings. The molecule has 6 nitrogen and oxygen atoms in total. The van der Waals surface area contributed by atoms with E-state index in [1.807, 2.05) is 0 Å². The summed E-state index contributed by atoms with van der Waals surface area (Å²) in [6.45, 7) is 0.890. The van der Waals surface area contributed by atoms with Crippen LogP contribution < -0.4 is 5.73 Å². The van der Waals surface area contributed by atoms with Gasteiger partial charge in [0.25, 0.3) is 5.91 Å². The Morgan fingerprint density at radius 2 is 2.25 bits per heavy atom. The molecule has 1 aromatic rings. The first-order valence-corrected chi connectivity index (χ1v) is 6.56. The molecule has 0 bridgehead atoms. The van der Waals surface area contributed by atoms with Gasteiger partial charge in [-0.05, 0) is 18.6 Å². The van der Waals surface area contributed by atoms with Gasteiger partial charge >= 0.3 is 5.97 Å². The van der Waals surface area contributed by atoms with E-state index in [1.165, 1.54) is 13.3 Å². The van der Waals surface area contributed by atoms with Crippen LogP contribution in [-0.4, -0.2) is 46.9 Å². The minimum Gasteiger partial charge on any atom is -0.469 e. The number of carbonyl (C=O) groups is 2. The first kappa shape index (κ1) is 14.4. The summed E-state index contributed by atoms with van der Waals surface area (Å²) >= 11 is 4.83. The van der Waals surface area contributed by atoms with Crippen LogP contribution in [-0.2, 0) is 9.53 Å². The number of nitrogens with two attached hydrogens (primary N) is 1. The molecule has 1 aromatic heterocycles. The van der Waals surface area contributed by atoms with Crippen molar-refractivity contribution in [3.63, 3.8) is 0 Å². The monoisotopic (exact) mass is 293 g/mol. The van der Waals surface area contributed by atoms with Gasteiger partial charge in [-0.1, -0.05) is 12.2 Å². The number of likely N-dealkylation sites (tertiary alicyclic amines) is 1. The SMILES string of the molecule is COC(=O)C1CCN(C(=O)c2ccc(C(N)=S)cn2)C1. The minimum absolute atomic E-state index is 0.203. The third kappa shape index (κ3) is 2.93. The molecule has 20 heavy (non-hydrogen) atoms. The Hall–Kier alpha value is -2.02. The van der Waals surface area contributed by atoms with Gasteiger partial charge in [-0.3, -0.25) is 14.6 Å². The highest BCUT2D eigenvalue weighted by Gasteiger charge is 2.32. The lowest BCUT2D eigenvalue weighted by Gasteiger charge is -2.15. The average molecular weight is 293 g/mol. The Morgan fingerprint density at radius 1 is 1.50 bits per heavy atom. The van der Waals surface area contributed by atoms with Crippen molar-refractivity contribution in [2.45, 2.75) is 6.42 Å². The fourth-order valence-electron chi connectivity index (χ4n) is 2.13. The summed E-state index contributed by atoms with van der Waals surface area (Å²) in [4.78, 5) is 29.6. The normalized spacial score (nSPS) is 17.9. The Morgan fingerprint density at radius 3 is 2.80 bits per heavy atom. The van der Waals surface area contributed by atoms with E-state index in [4.69, 9.17) is 18.0 Å². The van der Waals surface area contributed by atoms with Crippen LogP contribution in [0.15, 0.2) is 18.3 Å². The number of carbonyl (C=O) groups excluding carboxylic acids is 2. The topological polar surface area (TPSA) is 85.5 Å². The number of nitrogens with zero attached hydrogens (tertiary/aromatic N) is 2. The number of amides is 1. The predicted octanol–water partition coefficient (Wildman–Crippen LogP) is 0.351. The molecule has 1 aliphatic heterocycles. The molecular formula is C13H15N3O3S. The molecule has 0 saturated carbocycles. The number of ether oxygens (including phenoxy) is 1. The van der Waals surface area contributed by atoms with Gasteiger partial charge in [0, 0.05) is 24.8 Å². The molecule has 7 heteroatoms. The summed E-state index contributed by atoms with van der Waals surface area (Å²) < 4.78 is 4.69. The Kier molecular flexibility index (Phi) is 4.29. The van der Waals surface area contributed by atoms with E-state index in [-0.39, 0.29) is 22.8 Å². The molecule has 2 rings (SSSR count). The highest BCUT2D eigenvalue weighted by molar-refractivity contribution is 7.80. The molecule has 1 atom stereocenters. The molecule has 0 spiro atoms. The largest absolute Gasteiger partial charge is 0.469 e. The van der Waals surface area contributed by atoms with Crippen LogP contribution in [0.3, 0.4) is 0 Å². The van der Waals surface area contributed by atoms with Crippen LogP contribution in [0.25, 0.3) is 0 Å². The van der Waals surface area contributed by atoms with E-state index in [1.54, 1.807) is 17.0 Å². The molecule has 1 unspecified atom stereocenters. The standard InChI is InChI=1S/C13H15N3O3S/c1-19-13(18)9-4-5-16(7-9)12(17)10-3-2-8(6-15-10)11(14)20/h2-3,6,9H,4-5,7H2,1H3,(H2,14,20). The number of hydrogen-bond donors (Lipinski definition) is 1. The summed E-state index contributed by atoms with van der Waals surface area (Å²) in [5, 5.41) is 0. The molecule has 1 amide bonds. The summed E-state index contributed by atoms with van der Waals surface area (Å²) in [5.74, 6) is -0.733. The van der Waals surface area contributed by atoms with Crippen molar-refractivity contribution in [3.05, 3.63) is 29.6 Å². The van der Waals surface area contributed by atoms with Gasteiger partial charge in [-0.25, -0.2) is 0 Å². The Balaban J connectivity index is 2.05. The van der Waals surface area contributed by atoms with E-state index >= 15 is 0 Å². The van der Waals surface area contributed by atoms with Crippen LogP contribution in [0.1, 0.15) is 22.5 Å². The molecule has 2 N–H and O–H groups in total. The van der Waals surface area contributed by atoms with Crippen molar-refractivity contribution < 1.29 is 14.3 Å². The molecule has 0 aliphatic carbocycles. The van der Waals surface area contributed by atoms with Crippen molar-refractivity contribution in [2.24, 2.45) is 11.7 Å². The highest BCUT2D eigenvalue weighted by atomic mass is 32.1. The molecule has 2 heterocycles. The van der Waals surface area contributed by atoms with Gasteiger partial charge < -0.3 is 15.4 Å². The quantitative estimate of drug-likeness (QED) is 0.639. The maximum atomic E-state index is 12.2. The fraction of sp³-hybridized carbons (Fsp3) is 0.385. The van der Waals surface area contributed by atoms with Gasteiger partial charge in [0.05, 0.1) is 13.0 Å². The fourth-order valence-corrected chi connectivity index (χ4v) is 2.25. The second-order valence-electron chi connectivity index (χ2n) is 4.56. The number of hydrogen-bond acceptors (Lipinski definition) is 5. The number of pyridine rings is 1. The lowest BCUT2D eigenvalue weighted by atomic mass is 10.1. The smallest absolute Gasteiger partial charge is 0.310 e. The van der Waals surface area contributed by atoms with Gasteiger partial charge in [-0.2, -0.15) is 0 Å². The first-order chi connectivity index (χ1) is 9.52. The number of esters is 1. The lowest BCUT2D eigenvalue weighted by Crippen LogP contribution is -2.30. The van der Waals surface area contributed by atoms with E-state index < -0.39 is 0 Å². The molecule has 0 aromatic carbocycles. The van der Waals surface area contributed by atoms with Crippen LogP contribution >= 0.6 is 12.2 Å². The number of rotatable bonds is 3. The zero-order valence-corrected chi connectivity index (χ0v) is 11.9. The van der Waals surface area contributed by atoms with Gasteiger partial charge in [0.2, 0.25) is 0 Å². The molecular weight excluding hydrogens is 278 g/mol. The van der Waals surface area contributed by atoms with Crippen molar-refractivity contribution >= 4 is 29.1 Å². The summed E-state index contributed by atoms with van der Waals surface area (Å²) in [6.07, 6.45) is 2.09. The molecule has 106 valence electrons. The van der Waals surface area contributed by atoms with E-state index in [0.29, 0.717) is 30.8 Å². The van der Waals surface area contributed by atoms with Gasteiger partial charge in [0.15, 0.2) is 0 Å². The third-order valence-corrected chi connectivity index (χ3v) is 3.51. The summed E-state index contributed by atoms with van der Waals surface area (Å²) in [6, 6.07) is 3.25. The van der Waals surface area contributed by atoms with E-state index in [2.05, 4.69) is 9.72 Å². The number of thiocarbonyl (C=S) groups is 1. The third-order valence-electron chi connectivity index (χ3n) is 3.28. The molecule has 0 radical (unpaired) electrons. The van der Waals surface area contributed by atoms with Crippen LogP contribution in [0.5, 0.6) is 0 Å². The zero-order chi connectivity index (χ0) is 14.7. The van der Waals surface area contributed by atoms with Crippen LogP contribution in [0.2, 0.25) is 0 Å². The second kappa shape index (κ2) is 5.96. The maximum Gasteiger partial charge on any atom is 0.310 e.